The van der Waals surface area contributed by atoms with Gasteiger partial charge in [0, 0.05) is 10.8 Å². The Morgan fingerprint density at radius 2 is 1.47 bits per heavy atom. The van der Waals surface area contributed by atoms with Gasteiger partial charge < -0.3 is 4.74 Å². The van der Waals surface area contributed by atoms with Crippen molar-refractivity contribution in [2.75, 3.05) is 0 Å². The third kappa shape index (κ3) is 3.61. The first-order chi connectivity index (χ1) is 14.4. The number of esters is 1. The maximum absolute atomic E-state index is 12.6. The van der Waals surface area contributed by atoms with Crippen LogP contribution in [0.15, 0.2) is 77.7 Å². The number of pyridine rings is 1. The molecule has 0 saturated carbocycles. The number of aromatic nitrogens is 1. The van der Waals surface area contributed by atoms with Crippen LogP contribution in [0, 0.1) is 0 Å². The highest BCUT2D eigenvalue weighted by Crippen LogP contribution is 2.27. The fourth-order valence-corrected chi connectivity index (χ4v) is 3.91. The first-order valence-electron chi connectivity index (χ1n) is 8.93. The fraction of sp³-hybridized carbons (Fsp3) is 0.0909. The summed E-state index contributed by atoms with van der Waals surface area (Å²) in [5.41, 5.74) is 1.40. The first-order valence-corrected chi connectivity index (χ1v) is 10.5. The Morgan fingerprint density at radius 3 is 2.13 bits per heavy atom. The Morgan fingerprint density at radius 1 is 0.867 bits per heavy atom. The summed E-state index contributed by atoms with van der Waals surface area (Å²) in [7, 11) is -4.72. The van der Waals surface area contributed by atoms with Gasteiger partial charge in [0.25, 0.3) is 0 Å². The van der Waals surface area contributed by atoms with Crippen molar-refractivity contribution in [3.8, 4) is 0 Å². The highest BCUT2D eigenvalue weighted by Gasteiger charge is 2.26. The molecule has 0 aliphatic rings. The van der Waals surface area contributed by atoms with Gasteiger partial charge in [0.15, 0.2) is 0 Å². The molecule has 152 valence electrons. The molecule has 5 nitrogen and oxygen atoms in total. The SMILES string of the molecule is O=C(OCc1nc2ccccc2c2ccccc12)c1ccc(S(=O)(=O)C(F)F)cc1. The maximum atomic E-state index is 12.6. The first kappa shape index (κ1) is 19.9. The lowest BCUT2D eigenvalue weighted by Gasteiger charge is -2.10. The number of carbonyl (C=O) groups is 1. The number of halogens is 2. The quantitative estimate of drug-likeness (QED) is 0.340. The Hall–Kier alpha value is -3.39. The van der Waals surface area contributed by atoms with E-state index < -0.39 is 26.5 Å². The number of hydrogen-bond acceptors (Lipinski definition) is 5. The van der Waals surface area contributed by atoms with Crippen LogP contribution in [-0.2, 0) is 21.2 Å². The number of alkyl halides is 2. The van der Waals surface area contributed by atoms with Gasteiger partial charge >= 0.3 is 11.7 Å². The minimum atomic E-state index is -4.72. The van der Waals surface area contributed by atoms with E-state index in [-0.39, 0.29) is 12.2 Å². The van der Waals surface area contributed by atoms with E-state index in [0.29, 0.717) is 5.69 Å². The summed E-state index contributed by atoms with van der Waals surface area (Å²) < 4.78 is 53.5. The number of benzene rings is 3. The molecule has 0 amide bonds. The van der Waals surface area contributed by atoms with E-state index in [0.717, 1.165) is 45.9 Å². The summed E-state index contributed by atoms with van der Waals surface area (Å²) in [4.78, 5) is 16.4. The van der Waals surface area contributed by atoms with Gasteiger partial charge in [-0.05, 0) is 35.7 Å². The lowest BCUT2D eigenvalue weighted by Crippen LogP contribution is -2.12. The minimum Gasteiger partial charge on any atom is -0.456 e. The predicted octanol–water partition coefficient (Wildman–Crippen LogP) is 4.74. The second-order valence-electron chi connectivity index (χ2n) is 6.53. The van der Waals surface area contributed by atoms with E-state index in [1.165, 1.54) is 0 Å². The van der Waals surface area contributed by atoms with E-state index in [9.17, 15) is 22.0 Å². The zero-order chi connectivity index (χ0) is 21.3. The molecular weight excluding hydrogens is 412 g/mol. The molecule has 0 fully saturated rings. The van der Waals surface area contributed by atoms with Crippen molar-refractivity contribution < 1.29 is 26.7 Å². The van der Waals surface area contributed by atoms with E-state index in [1.54, 1.807) is 0 Å². The van der Waals surface area contributed by atoms with Crippen molar-refractivity contribution in [1.29, 1.82) is 0 Å². The summed E-state index contributed by atoms with van der Waals surface area (Å²) >= 11 is 0. The summed E-state index contributed by atoms with van der Waals surface area (Å²) in [5.74, 6) is -4.24. The van der Waals surface area contributed by atoms with Gasteiger partial charge in [-0.3, -0.25) is 0 Å². The number of ether oxygens (including phenoxy) is 1. The average molecular weight is 427 g/mol. The van der Waals surface area contributed by atoms with Crippen molar-refractivity contribution in [2.45, 2.75) is 17.3 Å². The third-order valence-corrected chi connectivity index (χ3v) is 6.08. The zero-order valence-corrected chi connectivity index (χ0v) is 16.3. The van der Waals surface area contributed by atoms with Crippen LogP contribution in [0.1, 0.15) is 16.1 Å². The summed E-state index contributed by atoms with van der Waals surface area (Å²) in [5, 5.41) is 2.82. The molecule has 0 radical (unpaired) electrons. The van der Waals surface area contributed by atoms with Crippen molar-refractivity contribution in [3.05, 3.63) is 84.1 Å². The molecule has 0 unspecified atom stereocenters. The van der Waals surface area contributed by atoms with Gasteiger partial charge in [-0.15, -0.1) is 0 Å². The van der Waals surface area contributed by atoms with Gasteiger partial charge in [-0.25, -0.2) is 18.2 Å². The van der Waals surface area contributed by atoms with E-state index in [1.807, 2.05) is 48.5 Å². The normalized spacial score (nSPS) is 11.8. The number of sulfone groups is 1. The second-order valence-corrected chi connectivity index (χ2v) is 8.45. The smallest absolute Gasteiger partial charge is 0.341 e. The van der Waals surface area contributed by atoms with Crippen molar-refractivity contribution in [3.63, 3.8) is 0 Å². The van der Waals surface area contributed by atoms with Crippen LogP contribution in [0.4, 0.5) is 8.78 Å². The van der Waals surface area contributed by atoms with Gasteiger partial charge in [-0.2, -0.15) is 8.78 Å². The molecule has 0 atom stereocenters. The molecule has 30 heavy (non-hydrogen) atoms. The number of hydrogen-bond donors (Lipinski definition) is 0. The molecule has 1 heterocycles. The maximum Gasteiger partial charge on any atom is 0.341 e. The summed E-state index contributed by atoms with van der Waals surface area (Å²) in [6.07, 6.45) is 0. The van der Waals surface area contributed by atoms with Crippen molar-refractivity contribution in [2.24, 2.45) is 0 Å². The van der Waals surface area contributed by atoms with Gasteiger partial charge in [0.05, 0.1) is 21.7 Å². The highest BCUT2D eigenvalue weighted by atomic mass is 32.2. The molecule has 0 aliphatic heterocycles. The molecule has 0 N–H and O–H groups in total. The molecule has 4 rings (SSSR count). The summed E-state index contributed by atoms with van der Waals surface area (Å²) in [6, 6.07) is 19.5. The average Bonchev–Trinajstić information content (AvgIpc) is 2.77. The molecule has 0 spiro atoms. The zero-order valence-electron chi connectivity index (χ0n) is 15.5. The Balaban J connectivity index is 1.59. The van der Waals surface area contributed by atoms with Crippen LogP contribution in [-0.4, -0.2) is 25.1 Å². The minimum absolute atomic E-state index is 0.0494. The standard InChI is InChI=1S/C22H15F2NO4S/c23-22(24)30(27,28)15-11-9-14(10-12-15)21(26)29-13-20-18-7-2-1-5-16(18)17-6-3-4-8-19(17)25-20/h1-12,22H,13H2. The monoisotopic (exact) mass is 427 g/mol. The second kappa shape index (κ2) is 7.79. The van der Waals surface area contributed by atoms with Crippen LogP contribution < -0.4 is 0 Å². The van der Waals surface area contributed by atoms with Gasteiger partial charge in [0.2, 0.25) is 9.84 Å². The lowest BCUT2D eigenvalue weighted by atomic mass is 10.0. The number of rotatable bonds is 5. The van der Waals surface area contributed by atoms with Gasteiger partial charge in [-0.1, -0.05) is 42.5 Å². The van der Waals surface area contributed by atoms with Crippen LogP contribution in [0.25, 0.3) is 21.7 Å². The number of fused-ring (bicyclic) bond motifs is 3. The van der Waals surface area contributed by atoms with E-state index >= 15 is 0 Å². The van der Waals surface area contributed by atoms with Crippen LogP contribution >= 0.6 is 0 Å². The molecule has 0 bridgehead atoms. The van der Waals surface area contributed by atoms with Crippen molar-refractivity contribution >= 4 is 37.5 Å². The Kier molecular flexibility index (Phi) is 5.17. The van der Waals surface area contributed by atoms with Crippen molar-refractivity contribution in [1.82, 2.24) is 4.98 Å². The van der Waals surface area contributed by atoms with Gasteiger partial charge in [0.1, 0.15) is 6.61 Å². The molecular formula is C22H15F2NO4S. The third-order valence-electron chi connectivity index (χ3n) is 4.68. The van der Waals surface area contributed by atoms with Crippen LogP contribution in [0.2, 0.25) is 0 Å². The Bertz CT molecular complexity index is 1350. The molecule has 1 aromatic heterocycles. The molecule has 0 saturated heterocycles. The number of para-hydroxylation sites is 1. The number of carbonyl (C=O) groups excluding carboxylic acids is 1. The van der Waals surface area contributed by atoms with E-state index in [4.69, 9.17) is 4.74 Å². The van der Waals surface area contributed by atoms with Crippen LogP contribution in [0.3, 0.4) is 0 Å². The molecule has 3 aromatic carbocycles. The summed E-state index contributed by atoms with van der Waals surface area (Å²) in [6.45, 7) is -0.0960. The number of nitrogens with zero attached hydrogens (tertiary/aromatic N) is 1. The molecule has 0 aliphatic carbocycles. The lowest BCUT2D eigenvalue weighted by molar-refractivity contribution is 0.0470. The molecule has 8 heteroatoms. The van der Waals surface area contributed by atoms with Crippen LogP contribution in [0.5, 0.6) is 0 Å². The topological polar surface area (TPSA) is 73.3 Å². The fourth-order valence-electron chi connectivity index (χ4n) is 3.18. The largest absolute Gasteiger partial charge is 0.456 e. The Labute approximate surface area is 170 Å². The molecule has 4 aromatic rings. The highest BCUT2D eigenvalue weighted by molar-refractivity contribution is 7.91. The van der Waals surface area contributed by atoms with E-state index in [2.05, 4.69) is 4.98 Å². The predicted molar refractivity (Wildman–Crippen MR) is 108 cm³/mol.